The van der Waals surface area contributed by atoms with Gasteiger partial charge in [0.2, 0.25) is 0 Å². The van der Waals surface area contributed by atoms with Gasteiger partial charge in [0.15, 0.2) is 0 Å². The number of aliphatic hydroxyl groups is 1. The van der Waals surface area contributed by atoms with Gasteiger partial charge in [0.25, 0.3) is 0 Å². The van der Waals surface area contributed by atoms with E-state index in [4.69, 9.17) is 16.7 Å². The van der Waals surface area contributed by atoms with Crippen molar-refractivity contribution in [2.24, 2.45) is 0 Å². The van der Waals surface area contributed by atoms with E-state index in [-0.39, 0.29) is 17.0 Å². The molecule has 1 unspecified atom stereocenters. The molecule has 0 saturated heterocycles. The molecule has 0 heterocycles. The minimum atomic E-state index is -4.35. The summed E-state index contributed by atoms with van der Waals surface area (Å²) in [5.74, 6) is -1.65. The Labute approximate surface area is 90.5 Å². The van der Waals surface area contributed by atoms with E-state index >= 15 is 0 Å². The van der Waals surface area contributed by atoms with Crippen LogP contribution in [0.15, 0.2) is 24.3 Å². The molecule has 0 aliphatic carbocycles. The van der Waals surface area contributed by atoms with E-state index in [1.54, 1.807) is 0 Å². The molecule has 0 aliphatic heterocycles. The van der Waals surface area contributed by atoms with Gasteiger partial charge in [-0.1, -0.05) is 23.7 Å². The average Bonchev–Trinajstić information content (AvgIpc) is 2.12. The molecule has 1 N–H and O–H groups in total. The fourth-order valence-corrected chi connectivity index (χ4v) is 1.57. The predicted molar refractivity (Wildman–Crippen MR) is 52.0 cm³/mol. The van der Waals surface area contributed by atoms with E-state index in [0.29, 0.717) is 0 Å². The summed E-state index contributed by atoms with van der Waals surface area (Å²) in [6, 6.07) is 5.61. The Balaban J connectivity index is 2.99. The highest BCUT2D eigenvalue weighted by Gasteiger charge is 2.40. The lowest BCUT2D eigenvalue weighted by molar-refractivity contribution is -0.153. The molecule has 15 heavy (non-hydrogen) atoms. The van der Waals surface area contributed by atoms with E-state index in [1.807, 2.05) is 0 Å². The summed E-state index contributed by atoms with van der Waals surface area (Å²) in [4.78, 5) is 0. The molecule has 0 radical (unpaired) electrons. The Hall–Kier alpha value is -0.740. The third kappa shape index (κ3) is 3.39. The molecule has 84 valence electrons. The second-order valence-corrected chi connectivity index (χ2v) is 3.60. The van der Waals surface area contributed by atoms with Crippen molar-refractivity contribution in [3.8, 4) is 0 Å². The first-order valence-electron chi connectivity index (χ1n) is 4.38. The van der Waals surface area contributed by atoms with Gasteiger partial charge in [0, 0.05) is 11.6 Å². The smallest absolute Gasteiger partial charge is 0.395 e. The van der Waals surface area contributed by atoms with E-state index < -0.39 is 18.7 Å². The minimum absolute atomic E-state index is 0.0871. The molecule has 1 rings (SSSR count). The molecule has 0 saturated carbocycles. The minimum Gasteiger partial charge on any atom is -0.396 e. The molecule has 5 heteroatoms. The summed E-state index contributed by atoms with van der Waals surface area (Å²) >= 11 is 5.61. The van der Waals surface area contributed by atoms with Gasteiger partial charge in [-0.3, -0.25) is 0 Å². The zero-order valence-corrected chi connectivity index (χ0v) is 8.52. The van der Waals surface area contributed by atoms with Crippen molar-refractivity contribution in [2.75, 3.05) is 6.61 Å². The molecule has 0 aromatic heterocycles. The molecule has 0 amide bonds. The summed E-state index contributed by atoms with van der Waals surface area (Å²) in [6.07, 6.45) is -4.70. The Morgan fingerprint density at radius 3 is 2.47 bits per heavy atom. The van der Waals surface area contributed by atoms with Crippen LogP contribution in [0.1, 0.15) is 17.9 Å². The molecule has 0 spiro atoms. The number of alkyl halides is 3. The zero-order valence-electron chi connectivity index (χ0n) is 7.76. The lowest BCUT2D eigenvalue weighted by Crippen LogP contribution is -2.21. The van der Waals surface area contributed by atoms with Crippen LogP contribution in [0.2, 0.25) is 5.02 Å². The number of hydrogen-bond donors (Lipinski definition) is 1. The van der Waals surface area contributed by atoms with Crippen molar-refractivity contribution in [3.05, 3.63) is 34.9 Å². The summed E-state index contributed by atoms with van der Waals surface area (Å²) < 4.78 is 37.7. The molecule has 1 aromatic carbocycles. The van der Waals surface area contributed by atoms with Crippen molar-refractivity contribution >= 4 is 11.6 Å². The molecular formula is C10H10ClF3O. The molecule has 0 fully saturated rings. The zero-order chi connectivity index (χ0) is 11.5. The normalized spacial score (nSPS) is 13.9. The van der Waals surface area contributed by atoms with Crippen LogP contribution in [0.25, 0.3) is 0 Å². The molecular weight excluding hydrogens is 229 g/mol. The number of halogens is 4. The van der Waals surface area contributed by atoms with E-state index in [2.05, 4.69) is 0 Å². The predicted octanol–water partition coefficient (Wildman–Crippen LogP) is 3.37. The first-order valence-corrected chi connectivity index (χ1v) is 4.76. The van der Waals surface area contributed by atoms with Gasteiger partial charge in [-0.15, -0.1) is 0 Å². The SMILES string of the molecule is OCCC(c1cccc(Cl)c1)C(F)(F)F. The van der Waals surface area contributed by atoms with Crippen molar-refractivity contribution < 1.29 is 18.3 Å². The maximum Gasteiger partial charge on any atom is 0.395 e. The fourth-order valence-electron chi connectivity index (χ4n) is 1.37. The van der Waals surface area contributed by atoms with Gasteiger partial charge in [-0.25, -0.2) is 0 Å². The van der Waals surface area contributed by atoms with Gasteiger partial charge in [-0.05, 0) is 24.1 Å². The standard InChI is InChI=1S/C10H10ClF3O/c11-8-3-1-2-7(6-8)9(4-5-15)10(12,13)14/h1-3,6,9,15H,4-5H2. The van der Waals surface area contributed by atoms with Gasteiger partial charge < -0.3 is 5.11 Å². The van der Waals surface area contributed by atoms with Crippen molar-refractivity contribution in [3.63, 3.8) is 0 Å². The summed E-state index contributed by atoms with van der Waals surface area (Å²) in [5, 5.41) is 8.86. The first-order chi connectivity index (χ1) is 6.95. The lowest BCUT2D eigenvalue weighted by atomic mass is 9.95. The average molecular weight is 239 g/mol. The second-order valence-electron chi connectivity index (χ2n) is 3.16. The van der Waals surface area contributed by atoms with Gasteiger partial charge in [0.1, 0.15) is 0 Å². The lowest BCUT2D eigenvalue weighted by Gasteiger charge is -2.19. The maximum atomic E-state index is 12.6. The van der Waals surface area contributed by atoms with Gasteiger partial charge in [0.05, 0.1) is 5.92 Å². The molecule has 1 aromatic rings. The summed E-state index contributed by atoms with van der Waals surface area (Å²) in [6.45, 7) is -0.503. The Bertz CT molecular complexity index is 325. The highest BCUT2D eigenvalue weighted by atomic mass is 35.5. The van der Waals surface area contributed by atoms with Crippen LogP contribution in [0.5, 0.6) is 0 Å². The van der Waals surface area contributed by atoms with Crippen LogP contribution in [0.4, 0.5) is 13.2 Å². The highest BCUT2D eigenvalue weighted by Crippen LogP contribution is 2.37. The third-order valence-electron chi connectivity index (χ3n) is 2.06. The number of benzene rings is 1. The van der Waals surface area contributed by atoms with Gasteiger partial charge >= 0.3 is 6.18 Å². The van der Waals surface area contributed by atoms with Crippen LogP contribution < -0.4 is 0 Å². The van der Waals surface area contributed by atoms with Crippen molar-refractivity contribution in [1.82, 2.24) is 0 Å². The largest absolute Gasteiger partial charge is 0.396 e. The fraction of sp³-hybridized carbons (Fsp3) is 0.400. The Kier molecular flexibility index (Phi) is 3.99. The molecule has 0 aliphatic rings. The Morgan fingerprint density at radius 1 is 1.33 bits per heavy atom. The third-order valence-corrected chi connectivity index (χ3v) is 2.30. The van der Waals surface area contributed by atoms with E-state index in [9.17, 15) is 13.2 Å². The number of aliphatic hydroxyl groups excluding tert-OH is 1. The number of hydrogen-bond acceptors (Lipinski definition) is 1. The molecule has 0 bridgehead atoms. The van der Waals surface area contributed by atoms with Crippen molar-refractivity contribution in [2.45, 2.75) is 18.5 Å². The summed E-state index contributed by atoms with van der Waals surface area (Å²) in [7, 11) is 0. The maximum absolute atomic E-state index is 12.6. The topological polar surface area (TPSA) is 20.2 Å². The number of rotatable bonds is 3. The van der Waals surface area contributed by atoms with E-state index in [1.165, 1.54) is 24.3 Å². The first kappa shape index (κ1) is 12.3. The van der Waals surface area contributed by atoms with Crippen molar-refractivity contribution in [1.29, 1.82) is 0 Å². The molecule has 1 atom stereocenters. The Morgan fingerprint density at radius 2 is 2.00 bits per heavy atom. The van der Waals surface area contributed by atoms with Crippen LogP contribution in [-0.2, 0) is 0 Å². The monoisotopic (exact) mass is 238 g/mol. The second kappa shape index (κ2) is 4.86. The van der Waals surface area contributed by atoms with Crippen LogP contribution in [0.3, 0.4) is 0 Å². The quantitative estimate of drug-likeness (QED) is 0.856. The highest BCUT2D eigenvalue weighted by molar-refractivity contribution is 6.30. The van der Waals surface area contributed by atoms with E-state index in [0.717, 1.165) is 0 Å². The van der Waals surface area contributed by atoms with Crippen LogP contribution in [-0.4, -0.2) is 17.9 Å². The van der Waals surface area contributed by atoms with Crippen LogP contribution >= 0.6 is 11.6 Å². The van der Waals surface area contributed by atoms with Gasteiger partial charge in [-0.2, -0.15) is 13.2 Å². The molecule has 1 nitrogen and oxygen atoms in total. The van der Waals surface area contributed by atoms with Crippen LogP contribution in [0, 0.1) is 0 Å². The summed E-state index contributed by atoms with van der Waals surface area (Å²) in [5.41, 5.74) is 0.0871.